The molecule has 0 aliphatic rings. The van der Waals surface area contributed by atoms with Crippen molar-refractivity contribution in [3.63, 3.8) is 0 Å². The molecule has 0 saturated heterocycles. The van der Waals surface area contributed by atoms with Gasteiger partial charge in [0.05, 0.1) is 15.5 Å². The lowest BCUT2D eigenvalue weighted by Crippen LogP contribution is -2.38. The largest absolute Gasteiger partial charge is 0.396 e. The molecule has 0 heterocycles. The molecule has 0 aliphatic carbocycles. The summed E-state index contributed by atoms with van der Waals surface area (Å²) >= 11 is 5.81. The van der Waals surface area contributed by atoms with Gasteiger partial charge in [-0.2, -0.15) is 5.26 Å². The van der Waals surface area contributed by atoms with Crippen molar-refractivity contribution < 1.29 is 13.5 Å². The van der Waals surface area contributed by atoms with Crippen molar-refractivity contribution in [1.82, 2.24) is 4.72 Å². The predicted octanol–water partition coefficient (Wildman–Crippen LogP) is 1.51. The van der Waals surface area contributed by atoms with Crippen molar-refractivity contribution in [1.29, 1.82) is 5.26 Å². The Morgan fingerprint density at radius 1 is 1.47 bits per heavy atom. The van der Waals surface area contributed by atoms with Crippen molar-refractivity contribution in [2.45, 2.75) is 24.8 Å². The zero-order valence-electron chi connectivity index (χ0n) is 10.6. The van der Waals surface area contributed by atoms with Gasteiger partial charge in [-0.25, -0.2) is 13.1 Å². The van der Waals surface area contributed by atoms with Crippen molar-refractivity contribution in [2.24, 2.45) is 5.92 Å². The maximum Gasteiger partial charge on any atom is 0.240 e. The second-order valence-electron chi connectivity index (χ2n) is 4.32. The summed E-state index contributed by atoms with van der Waals surface area (Å²) in [5, 5.41) is 17.8. The number of nitriles is 1. The van der Waals surface area contributed by atoms with Gasteiger partial charge in [-0.15, -0.1) is 0 Å². The van der Waals surface area contributed by atoms with Crippen LogP contribution in [-0.4, -0.2) is 26.2 Å². The molecule has 0 aromatic heterocycles. The summed E-state index contributed by atoms with van der Waals surface area (Å²) in [5.41, 5.74) is 0.220. The highest BCUT2D eigenvalue weighted by atomic mass is 35.5. The van der Waals surface area contributed by atoms with E-state index in [-0.39, 0.29) is 28.0 Å². The number of aliphatic hydroxyl groups excluding tert-OH is 1. The van der Waals surface area contributed by atoms with E-state index in [0.717, 1.165) is 0 Å². The van der Waals surface area contributed by atoms with Crippen LogP contribution in [0.4, 0.5) is 0 Å². The Kier molecular flexibility index (Phi) is 5.32. The van der Waals surface area contributed by atoms with Crippen LogP contribution in [0.2, 0.25) is 5.02 Å². The SMILES string of the molecule is CC(CO)C(C)NS(=O)(=O)c1ccc(C#N)c(Cl)c1. The third kappa shape index (κ3) is 3.91. The van der Waals surface area contributed by atoms with Crippen LogP contribution < -0.4 is 4.72 Å². The van der Waals surface area contributed by atoms with Gasteiger partial charge in [0, 0.05) is 12.6 Å². The molecule has 1 aromatic rings. The van der Waals surface area contributed by atoms with Gasteiger partial charge in [0.25, 0.3) is 0 Å². The van der Waals surface area contributed by atoms with Crippen LogP contribution in [0.3, 0.4) is 0 Å². The Hall–Kier alpha value is -1.13. The second-order valence-corrected chi connectivity index (χ2v) is 6.44. The molecule has 5 nitrogen and oxygen atoms in total. The van der Waals surface area contributed by atoms with E-state index in [1.54, 1.807) is 13.8 Å². The van der Waals surface area contributed by atoms with E-state index in [1.807, 2.05) is 6.07 Å². The Balaban J connectivity index is 3.02. The molecule has 0 aliphatic heterocycles. The number of hydrogen-bond donors (Lipinski definition) is 2. The van der Waals surface area contributed by atoms with Crippen LogP contribution in [0.1, 0.15) is 19.4 Å². The second kappa shape index (κ2) is 6.35. The molecule has 0 spiro atoms. The van der Waals surface area contributed by atoms with Gasteiger partial charge in [0.15, 0.2) is 0 Å². The highest BCUT2D eigenvalue weighted by Crippen LogP contribution is 2.20. The molecule has 0 radical (unpaired) electrons. The van der Waals surface area contributed by atoms with Crippen LogP contribution >= 0.6 is 11.6 Å². The van der Waals surface area contributed by atoms with Gasteiger partial charge in [0.2, 0.25) is 10.0 Å². The summed E-state index contributed by atoms with van der Waals surface area (Å²) in [6.07, 6.45) is 0. The first kappa shape index (κ1) is 15.9. The minimum Gasteiger partial charge on any atom is -0.396 e. The van der Waals surface area contributed by atoms with Gasteiger partial charge < -0.3 is 5.11 Å². The van der Waals surface area contributed by atoms with Crippen LogP contribution in [0.25, 0.3) is 0 Å². The molecular weight excluding hydrogens is 288 g/mol. The summed E-state index contributed by atoms with van der Waals surface area (Å²) in [4.78, 5) is -0.00603. The Morgan fingerprint density at radius 2 is 2.11 bits per heavy atom. The fourth-order valence-electron chi connectivity index (χ4n) is 1.34. The zero-order chi connectivity index (χ0) is 14.6. The van der Waals surface area contributed by atoms with Gasteiger partial charge in [-0.3, -0.25) is 0 Å². The molecule has 1 aromatic carbocycles. The zero-order valence-corrected chi connectivity index (χ0v) is 12.2. The highest BCUT2D eigenvalue weighted by Gasteiger charge is 2.21. The summed E-state index contributed by atoms with van der Waals surface area (Å²) < 4.78 is 26.6. The quantitative estimate of drug-likeness (QED) is 0.862. The monoisotopic (exact) mass is 302 g/mol. The van der Waals surface area contributed by atoms with E-state index in [4.69, 9.17) is 22.0 Å². The molecule has 104 valence electrons. The fourth-order valence-corrected chi connectivity index (χ4v) is 3.01. The number of halogens is 1. The van der Waals surface area contributed by atoms with Gasteiger partial charge in [-0.05, 0) is 31.0 Å². The normalized spacial score (nSPS) is 14.7. The number of hydrogen-bond acceptors (Lipinski definition) is 4. The fraction of sp³-hybridized carbons (Fsp3) is 0.417. The standard InChI is InChI=1S/C12H15ClN2O3S/c1-8(7-16)9(2)15-19(17,18)11-4-3-10(6-14)12(13)5-11/h3-5,8-9,15-16H,7H2,1-2H3. The van der Waals surface area contributed by atoms with E-state index < -0.39 is 16.1 Å². The van der Waals surface area contributed by atoms with E-state index >= 15 is 0 Å². The minimum atomic E-state index is -3.72. The van der Waals surface area contributed by atoms with Crippen molar-refractivity contribution in [3.8, 4) is 6.07 Å². The number of sulfonamides is 1. The Bertz CT molecular complexity index is 595. The highest BCUT2D eigenvalue weighted by molar-refractivity contribution is 7.89. The van der Waals surface area contributed by atoms with Crippen LogP contribution in [-0.2, 0) is 10.0 Å². The summed E-state index contributed by atoms with van der Waals surface area (Å²) in [6.45, 7) is 3.29. The third-order valence-corrected chi connectivity index (χ3v) is 4.72. The van der Waals surface area contributed by atoms with Crippen LogP contribution in [0.5, 0.6) is 0 Å². The predicted molar refractivity (Wildman–Crippen MR) is 72.2 cm³/mol. The molecule has 2 atom stereocenters. The van der Waals surface area contributed by atoms with E-state index in [0.29, 0.717) is 0 Å². The minimum absolute atomic E-state index is 0.00603. The molecule has 2 N–H and O–H groups in total. The van der Waals surface area contributed by atoms with E-state index in [9.17, 15) is 8.42 Å². The van der Waals surface area contributed by atoms with Gasteiger partial charge in [-0.1, -0.05) is 18.5 Å². The smallest absolute Gasteiger partial charge is 0.240 e. The van der Waals surface area contributed by atoms with Crippen LogP contribution in [0, 0.1) is 17.2 Å². The van der Waals surface area contributed by atoms with Crippen molar-refractivity contribution >= 4 is 21.6 Å². The lowest BCUT2D eigenvalue weighted by atomic mass is 10.1. The molecule has 1 rings (SSSR count). The van der Waals surface area contributed by atoms with E-state index in [1.165, 1.54) is 18.2 Å². The molecule has 0 fully saturated rings. The van der Waals surface area contributed by atoms with Crippen LogP contribution in [0.15, 0.2) is 23.1 Å². The average Bonchev–Trinajstić information content (AvgIpc) is 2.37. The first-order valence-electron chi connectivity index (χ1n) is 5.64. The Labute approximate surface area is 117 Å². The van der Waals surface area contributed by atoms with E-state index in [2.05, 4.69) is 4.72 Å². The number of nitrogens with one attached hydrogen (secondary N) is 1. The van der Waals surface area contributed by atoms with Crippen molar-refractivity contribution in [2.75, 3.05) is 6.61 Å². The number of nitrogens with zero attached hydrogens (tertiary/aromatic N) is 1. The first-order chi connectivity index (χ1) is 8.81. The number of rotatable bonds is 5. The lowest BCUT2D eigenvalue weighted by molar-refractivity contribution is 0.216. The molecular formula is C12H15ClN2O3S. The maximum absolute atomic E-state index is 12.1. The number of benzene rings is 1. The summed E-state index contributed by atoms with van der Waals surface area (Å²) in [5.74, 6) is -0.205. The first-order valence-corrected chi connectivity index (χ1v) is 7.50. The summed E-state index contributed by atoms with van der Waals surface area (Å²) in [6, 6.07) is 5.36. The lowest BCUT2D eigenvalue weighted by Gasteiger charge is -2.19. The third-order valence-electron chi connectivity index (χ3n) is 2.85. The average molecular weight is 303 g/mol. The molecule has 2 unspecified atom stereocenters. The molecule has 7 heteroatoms. The molecule has 19 heavy (non-hydrogen) atoms. The van der Waals surface area contributed by atoms with Gasteiger partial charge >= 0.3 is 0 Å². The molecule has 0 bridgehead atoms. The maximum atomic E-state index is 12.1. The summed E-state index contributed by atoms with van der Waals surface area (Å²) in [7, 11) is -3.72. The van der Waals surface area contributed by atoms with Gasteiger partial charge in [0.1, 0.15) is 6.07 Å². The molecule has 0 saturated carbocycles. The Morgan fingerprint density at radius 3 is 2.58 bits per heavy atom. The van der Waals surface area contributed by atoms with Crippen molar-refractivity contribution in [3.05, 3.63) is 28.8 Å². The number of aliphatic hydroxyl groups is 1. The topological polar surface area (TPSA) is 90.2 Å². The molecule has 0 amide bonds.